The molecule has 2 heterocycles. The molecule has 1 aromatic rings. The van der Waals surface area contributed by atoms with Crippen molar-refractivity contribution < 1.29 is 9.59 Å². The number of nitrogens with zero attached hydrogens (tertiary/aromatic N) is 3. The molecule has 1 aliphatic rings. The molecule has 21 heavy (non-hydrogen) atoms. The van der Waals surface area contributed by atoms with Gasteiger partial charge in [0.2, 0.25) is 11.8 Å². The Morgan fingerprint density at radius 1 is 1.24 bits per heavy atom. The summed E-state index contributed by atoms with van der Waals surface area (Å²) in [4.78, 5) is 24.9. The third-order valence-corrected chi connectivity index (χ3v) is 3.36. The van der Waals surface area contributed by atoms with Crippen molar-refractivity contribution in [1.82, 2.24) is 20.4 Å². The predicted molar refractivity (Wildman–Crippen MR) is 79.9 cm³/mol. The molecule has 0 bridgehead atoms. The lowest BCUT2D eigenvalue weighted by molar-refractivity contribution is -0.130. The minimum atomic E-state index is -0.278. The fourth-order valence-electron chi connectivity index (χ4n) is 2.43. The zero-order valence-corrected chi connectivity index (χ0v) is 13.3. The van der Waals surface area contributed by atoms with Crippen LogP contribution in [0.25, 0.3) is 0 Å². The zero-order valence-electron chi connectivity index (χ0n) is 13.3. The van der Waals surface area contributed by atoms with Crippen LogP contribution >= 0.6 is 0 Å². The standard InChI is InChI=1S/C14H23N5O2/c1-9-10(6-15-14(2,3)4)13(18(5)17-9)19-7-11(20)16-12(21)8-19/h15H,6-8H2,1-5H3,(H,16,20,21). The number of hydrogen-bond donors (Lipinski definition) is 2. The van der Waals surface area contributed by atoms with E-state index >= 15 is 0 Å². The van der Waals surface area contributed by atoms with Gasteiger partial charge in [0.25, 0.3) is 0 Å². The van der Waals surface area contributed by atoms with Crippen molar-refractivity contribution in [3.8, 4) is 0 Å². The van der Waals surface area contributed by atoms with Crippen molar-refractivity contribution in [2.75, 3.05) is 18.0 Å². The van der Waals surface area contributed by atoms with E-state index in [9.17, 15) is 9.59 Å². The number of nitrogens with one attached hydrogen (secondary N) is 2. The molecule has 1 aliphatic heterocycles. The number of carbonyl (C=O) groups is 2. The minimum absolute atomic E-state index is 0.0192. The van der Waals surface area contributed by atoms with Crippen molar-refractivity contribution >= 4 is 17.6 Å². The van der Waals surface area contributed by atoms with E-state index < -0.39 is 0 Å². The maximum atomic E-state index is 11.6. The van der Waals surface area contributed by atoms with Gasteiger partial charge in [-0.05, 0) is 27.7 Å². The Labute approximate surface area is 124 Å². The van der Waals surface area contributed by atoms with E-state index in [4.69, 9.17) is 0 Å². The summed E-state index contributed by atoms with van der Waals surface area (Å²) >= 11 is 0. The molecule has 0 aliphatic carbocycles. The van der Waals surface area contributed by atoms with Crippen molar-refractivity contribution in [1.29, 1.82) is 0 Å². The zero-order chi connectivity index (χ0) is 15.8. The van der Waals surface area contributed by atoms with Gasteiger partial charge in [0.05, 0.1) is 18.8 Å². The van der Waals surface area contributed by atoms with Gasteiger partial charge in [0, 0.05) is 24.7 Å². The van der Waals surface area contributed by atoms with Gasteiger partial charge in [0.15, 0.2) is 0 Å². The SMILES string of the molecule is Cc1nn(C)c(N2CC(=O)NC(=O)C2)c1CNC(C)(C)C. The van der Waals surface area contributed by atoms with E-state index in [2.05, 4.69) is 36.5 Å². The summed E-state index contributed by atoms with van der Waals surface area (Å²) < 4.78 is 1.74. The van der Waals surface area contributed by atoms with Crippen LogP contribution in [0.3, 0.4) is 0 Å². The van der Waals surface area contributed by atoms with Gasteiger partial charge in [-0.3, -0.25) is 19.6 Å². The van der Waals surface area contributed by atoms with Gasteiger partial charge in [0.1, 0.15) is 5.82 Å². The highest BCUT2D eigenvalue weighted by molar-refractivity contribution is 6.02. The number of anilines is 1. The van der Waals surface area contributed by atoms with Crippen LogP contribution in [0.5, 0.6) is 0 Å². The monoisotopic (exact) mass is 293 g/mol. The van der Waals surface area contributed by atoms with Crippen LogP contribution in [0, 0.1) is 6.92 Å². The second-order valence-corrected chi connectivity index (χ2v) is 6.44. The van der Waals surface area contributed by atoms with Crippen LogP contribution in [0.4, 0.5) is 5.82 Å². The number of piperazine rings is 1. The summed E-state index contributed by atoms with van der Waals surface area (Å²) in [6, 6.07) is 0. The first-order chi connectivity index (χ1) is 9.67. The molecule has 7 nitrogen and oxygen atoms in total. The van der Waals surface area contributed by atoms with E-state index in [0.717, 1.165) is 17.1 Å². The topological polar surface area (TPSA) is 79.3 Å². The fourth-order valence-corrected chi connectivity index (χ4v) is 2.43. The predicted octanol–water partition coefficient (Wildman–Crippen LogP) is 0.0794. The highest BCUT2D eigenvalue weighted by Crippen LogP contribution is 2.24. The quantitative estimate of drug-likeness (QED) is 0.772. The lowest BCUT2D eigenvalue weighted by atomic mass is 10.1. The average molecular weight is 293 g/mol. The molecule has 0 radical (unpaired) electrons. The Bertz CT molecular complexity index is 555. The molecule has 7 heteroatoms. The maximum Gasteiger partial charge on any atom is 0.246 e. The van der Waals surface area contributed by atoms with Crippen molar-refractivity contribution in [3.05, 3.63) is 11.3 Å². The largest absolute Gasteiger partial charge is 0.338 e. The molecule has 1 fully saturated rings. The number of amides is 2. The second kappa shape index (κ2) is 5.48. The molecule has 2 amide bonds. The van der Waals surface area contributed by atoms with Gasteiger partial charge >= 0.3 is 0 Å². The summed E-state index contributed by atoms with van der Waals surface area (Å²) in [6.45, 7) is 9.21. The highest BCUT2D eigenvalue weighted by atomic mass is 16.2. The third kappa shape index (κ3) is 3.60. The second-order valence-electron chi connectivity index (χ2n) is 6.44. The summed E-state index contributed by atoms with van der Waals surface area (Å²) in [6.07, 6.45) is 0. The lowest BCUT2D eigenvalue weighted by Crippen LogP contribution is -2.52. The summed E-state index contributed by atoms with van der Waals surface area (Å²) in [5.41, 5.74) is 1.91. The van der Waals surface area contributed by atoms with Gasteiger partial charge in [-0.2, -0.15) is 5.10 Å². The van der Waals surface area contributed by atoms with Crippen LogP contribution in [-0.4, -0.2) is 40.2 Å². The molecule has 1 saturated heterocycles. The molecular formula is C14H23N5O2. The first-order valence-electron chi connectivity index (χ1n) is 7.02. The fraction of sp³-hybridized carbons (Fsp3) is 0.643. The van der Waals surface area contributed by atoms with Crippen molar-refractivity contribution in [2.45, 2.75) is 39.8 Å². The molecule has 0 aromatic carbocycles. The number of aromatic nitrogens is 2. The first kappa shape index (κ1) is 15.5. The van der Waals surface area contributed by atoms with E-state index in [1.165, 1.54) is 0 Å². The molecule has 0 spiro atoms. The van der Waals surface area contributed by atoms with Gasteiger partial charge in [-0.25, -0.2) is 0 Å². The van der Waals surface area contributed by atoms with Gasteiger partial charge in [-0.1, -0.05) is 0 Å². The molecule has 0 atom stereocenters. The van der Waals surface area contributed by atoms with Gasteiger partial charge < -0.3 is 10.2 Å². The van der Waals surface area contributed by atoms with Crippen LogP contribution in [-0.2, 0) is 23.2 Å². The molecule has 2 rings (SSSR count). The van der Waals surface area contributed by atoms with Crippen LogP contribution in [0.2, 0.25) is 0 Å². The molecule has 0 saturated carbocycles. The average Bonchev–Trinajstić information content (AvgIpc) is 2.58. The Morgan fingerprint density at radius 3 is 2.33 bits per heavy atom. The Balaban J connectivity index is 2.30. The number of rotatable bonds is 3. The first-order valence-corrected chi connectivity index (χ1v) is 7.02. The lowest BCUT2D eigenvalue weighted by Gasteiger charge is -2.29. The van der Waals surface area contributed by atoms with E-state index in [0.29, 0.717) is 6.54 Å². The number of hydrogen-bond acceptors (Lipinski definition) is 5. The van der Waals surface area contributed by atoms with Crippen molar-refractivity contribution in [3.63, 3.8) is 0 Å². The van der Waals surface area contributed by atoms with Crippen LogP contribution in [0.15, 0.2) is 0 Å². The summed E-state index contributed by atoms with van der Waals surface area (Å²) in [5.74, 6) is 0.270. The number of imide groups is 1. The normalized spacial score (nSPS) is 16.3. The molecule has 0 unspecified atom stereocenters. The Kier molecular flexibility index (Phi) is 4.04. The smallest absolute Gasteiger partial charge is 0.246 e. The van der Waals surface area contributed by atoms with Gasteiger partial charge in [-0.15, -0.1) is 0 Å². The van der Waals surface area contributed by atoms with E-state index in [-0.39, 0.29) is 30.4 Å². The van der Waals surface area contributed by atoms with Crippen molar-refractivity contribution in [2.24, 2.45) is 7.05 Å². The Hall–Kier alpha value is -1.89. The van der Waals surface area contributed by atoms with E-state index in [1.54, 1.807) is 9.58 Å². The maximum absolute atomic E-state index is 11.6. The summed E-state index contributed by atoms with van der Waals surface area (Å²) in [5, 5.41) is 10.2. The minimum Gasteiger partial charge on any atom is -0.338 e. The third-order valence-electron chi connectivity index (χ3n) is 3.36. The van der Waals surface area contributed by atoms with Crippen LogP contribution < -0.4 is 15.5 Å². The molecular weight excluding hydrogens is 270 g/mol. The number of carbonyl (C=O) groups excluding carboxylic acids is 2. The molecule has 1 aromatic heterocycles. The molecule has 2 N–H and O–H groups in total. The van der Waals surface area contributed by atoms with E-state index in [1.807, 2.05) is 14.0 Å². The highest BCUT2D eigenvalue weighted by Gasteiger charge is 2.28. The van der Waals surface area contributed by atoms with Crippen LogP contribution in [0.1, 0.15) is 32.0 Å². The molecule has 116 valence electrons. The Morgan fingerprint density at radius 2 is 1.81 bits per heavy atom. The summed E-state index contributed by atoms with van der Waals surface area (Å²) in [7, 11) is 1.83. The number of aryl methyl sites for hydroxylation is 2.